The number of benzene rings is 1. The highest BCUT2D eigenvalue weighted by atomic mass is 79.9. The average molecular weight is 686 g/mol. The van der Waals surface area contributed by atoms with Gasteiger partial charge in [0.2, 0.25) is 5.72 Å². The van der Waals surface area contributed by atoms with E-state index in [0.29, 0.717) is 6.61 Å². The third-order valence-corrected chi connectivity index (χ3v) is 6.93. The number of halogens is 5. The van der Waals surface area contributed by atoms with E-state index >= 15 is 0 Å². The highest BCUT2D eigenvalue weighted by Crippen LogP contribution is 2.38. The first-order chi connectivity index (χ1) is 11.6. The van der Waals surface area contributed by atoms with E-state index in [1.54, 1.807) is 0 Å². The summed E-state index contributed by atoms with van der Waals surface area (Å²) >= 11 is 14.0. The Morgan fingerprint density at radius 3 is 2.23 bits per heavy atom. The molecule has 26 heavy (non-hydrogen) atoms. The van der Waals surface area contributed by atoms with Crippen LogP contribution in [0.4, 0.5) is 0 Å². The average Bonchev–Trinajstić information content (AvgIpc) is 2.86. The van der Waals surface area contributed by atoms with E-state index in [-0.39, 0.29) is 22.7 Å². The van der Waals surface area contributed by atoms with E-state index < -0.39 is 0 Å². The van der Waals surface area contributed by atoms with Crippen LogP contribution in [0.2, 0.25) is 0 Å². The minimum absolute atomic E-state index is 0. The molecule has 0 aromatic heterocycles. The summed E-state index contributed by atoms with van der Waals surface area (Å²) in [7, 11) is 4.48. The summed E-state index contributed by atoms with van der Waals surface area (Å²) in [6.45, 7) is 3.98. The molecule has 3 nitrogen and oxygen atoms in total. The fraction of sp³-hybridized carbons (Fsp3) is 0.556. The van der Waals surface area contributed by atoms with Crippen LogP contribution in [-0.2, 0) is 4.74 Å². The molecule has 0 spiro atoms. The smallest absolute Gasteiger partial charge is 0.244 e. The summed E-state index contributed by atoms with van der Waals surface area (Å²) in [6.07, 6.45) is 6.37. The van der Waals surface area contributed by atoms with Gasteiger partial charge >= 0.3 is 0 Å². The van der Waals surface area contributed by atoms with Gasteiger partial charge in [-0.25, -0.2) is 0 Å². The van der Waals surface area contributed by atoms with E-state index in [2.05, 4.69) is 90.8 Å². The Morgan fingerprint density at radius 2 is 1.69 bits per heavy atom. The number of hydrogen-bond acceptors (Lipinski definition) is 2. The van der Waals surface area contributed by atoms with Crippen LogP contribution in [0.1, 0.15) is 32.6 Å². The van der Waals surface area contributed by atoms with Gasteiger partial charge in [-0.15, -0.1) is 0 Å². The SMILES string of the molecule is CC1([N+](C)(C)CCCCCOc2c(Br)cc(Br)cc2Br)CC=C(Br)O1.[Br-]. The molecule has 0 fully saturated rings. The molecule has 1 aromatic carbocycles. The highest BCUT2D eigenvalue weighted by Gasteiger charge is 2.45. The van der Waals surface area contributed by atoms with Gasteiger partial charge in [0.1, 0.15) is 5.75 Å². The molecule has 0 N–H and O–H groups in total. The van der Waals surface area contributed by atoms with Gasteiger partial charge in [-0.1, -0.05) is 15.9 Å². The van der Waals surface area contributed by atoms with Crippen molar-refractivity contribution in [3.05, 3.63) is 36.3 Å². The topological polar surface area (TPSA) is 18.5 Å². The quantitative estimate of drug-likeness (QED) is 0.305. The molecule has 8 heteroatoms. The largest absolute Gasteiger partial charge is 1.00 e. The van der Waals surface area contributed by atoms with Gasteiger partial charge in [0.15, 0.2) is 4.67 Å². The van der Waals surface area contributed by atoms with Gasteiger partial charge in [0, 0.05) is 11.4 Å². The van der Waals surface area contributed by atoms with E-state index in [9.17, 15) is 0 Å². The molecule has 1 heterocycles. The first-order valence-corrected chi connectivity index (χ1v) is 11.5. The van der Waals surface area contributed by atoms with Crippen LogP contribution in [-0.4, -0.2) is 37.5 Å². The van der Waals surface area contributed by atoms with E-state index in [1.807, 2.05) is 12.1 Å². The number of ether oxygens (including phenoxy) is 2. The molecule has 1 aliphatic rings. The summed E-state index contributed by atoms with van der Waals surface area (Å²) < 4.78 is 16.6. The number of nitrogens with zero attached hydrogens (tertiary/aromatic N) is 1. The molecule has 148 valence electrons. The van der Waals surface area contributed by atoms with Crippen LogP contribution in [0.5, 0.6) is 5.75 Å². The first kappa shape index (κ1) is 25.0. The molecule has 1 atom stereocenters. The maximum atomic E-state index is 6.00. The van der Waals surface area contributed by atoms with Crippen molar-refractivity contribution in [1.82, 2.24) is 0 Å². The van der Waals surface area contributed by atoms with Gasteiger partial charge in [0.25, 0.3) is 0 Å². The van der Waals surface area contributed by atoms with Crippen molar-refractivity contribution in [3.63, 3.8) is 0 Å². The lowest BCUT2D eigenvalue weighted by Crippen LogP contribution is -3.00. The third-order valence-electron chi connectivity index (χ3n) is 4.81. The van der Waals surface area contributed by atoms with Gasteiger partial charge in [-0.05, 0) is 85.3 Å². The van der Waals surface area contributed by atoms with Gasteiger partial charge in [0.05, 0.1) is 42.6 Å². The Morgan fingerprint density at radius 1 is 1.08 bits per heavy atom. The van der Waals surface area contributed by atoms with Crippen molar-refractivity contribution in [1.29, 1.82) is 0 Å². The Labute approximate surface area is 200 Å². The second-order valence-electron chi connectivity index (χ2n) is 7.01. The number of hydrogen-bond donors (Lipinski definition) is 0. The van der Waals surface area contributed by atoms with E-state index in [0.717, 1.165) is 60.5 Å². The van der Waals surface area contributed by atoms with E-state index in [1.165, 1.54) is 0 Å². The Kier molecular flexibility index (Phi) is 10.2. The molecule has 1 unspecified atom stereocenters. The molecule has 0 saturated carbocycles. The van der Waals surface area contributed by atoms with Gasteiger partial charge < -0.3 is 26.5 Å². The lowest BCUT2D eigenvalue weighted by Gasteiger charge is -2.43. The number of unbranched alkanes of at least 4 members (excludes halogenated alkanes) is 2. The summed E-state index contributed by atoms with van der Waals surface area (Å²) in [5.41, 5.74) is -0.178. The predicted octanol–water partition coefficient (Wildman–Crippen LogP) is 3.98. The Bertz CT molecular complexity index is 627. The minimum atomic E-state index is -0.178. The molecule has 1 aromatic rings. The molecule has 0 radical (unpaired) electrons. The summed E-state index contributed by atoms with van der Waals surface area (Å²) in [4.78, 5) is 0. The lowest BCUT2D eigenvalue weighted by molar-refractivity contribution is -0.962. The van der Waals surface area contributed by atoms with Gasteiger partial charge in [-0.3, -0.25) is 4.48 Å². The van der Waals surface area contributed by atoms with E-state index in [4.69, 9.17) is 9.47 Å². The zero-order chi connectivity index (χ0) is 18.7. The molecule has 0 saturated heterocycles. The second kappa shape index (κ2) is 10.6. The fourth-order valence-corrected chi connectivity index (χ4v) is 5.80. The van der Waals surface area contributed by atoms with Crippen molar-refractivity contribution >= 4 is 63.7 Å². The standard InChI is InChI=1S/C18H24Br4NO2.BrH/c1-18(8-7-16(22)25-18)23(2,3)9-5-4-6-10-24-17-14(20)11-13(19)12-15(17)21;/h7,11-12H,4-6,8-10H2,1-3H3;1H/q+1;/p-1. The van der Waals surface area contributed by atoms with Crippen LogP contribution in [0, 0.1) is 0 Å². The second-order valence-corrected chi connectivity index (χ2v) is 10.4. The van der Waals surface area contributed by atoms with Crippen LogP contribution < -0.4 is 21.7 Å². The maximum absolute atomic E-state index is 6.00. The molecular weight excluding hydrogens is 662 g/mol. The van der Waals surface area contributed by atoms with Crippen LogP contribution in [0.25, 0.3) is 0 Å². The zero-order valence-electron chi connectivity index (χ0n) is 15.1. The zero-order valence-corrected chi connectivity index (χ0v) is 23.1. The molecule has 0 bridgehead atoms. The lowest BCUT2D eigenvalue weighted by atomic mass is 10.1. The number of quaternary nitrogens is 1. The molecule has 0 amide bonds. The molecular formula is C18H24Br5NO2. The molecule has 1 aliphatic heterocycles. The van der Waals surface area contributed by atoms with Crippen LogP contribution in [0.15, 0.2) is 36.3 Å². The highest BCUT2D eigenvalue weighted by molar-refractivity contribution is 9.12. The maximum Gasteiger partial charge on any atom is 0.244 e. The summed E-state index contributed by atoms with van der Waals surface area (Å²) in [5.74, 6) is 0.863. The predicted molar refractivity (Wildman–Crippen MR) is 117 cm³/mol. The summed E-state index contributed by atoms with van der Waals surface area (Å²) in [6, 6.07) is 3.99. The van der Waals surface area contributed by atoms with Crippen molar-refractivity contribution < 1.29 is 30.9 Å². The number of rotatable bonds is 8. The molecule has 0 aliphatic carbocycles. The van der Waals surface area contributed by atoms with Gasteiger partial charge in [-0.2, -0.15) is 0 Å². The van der Waals surface area contributed by atoms with Crippen LogP contribution >= 0.6 is 63.7 Å². The first-order valence-electron chi connectivity index (χ1n) is 8.30. The minimum Gasteiger partial charge on any atom is -1.00 e. The van der Waals surface area contributed by atoms with Crippen molar-refractivity contribution in [2.45, 2.75) is 38.3 Å². The summed E-state index contributed by atoms with van der Waals surface area (Å²) in [5, 5.41) is 0. The molecule has 2 rings (SSSR count). The Balaban J connectivity index is 0.00000338. The Hall–Kier alpha value is 0.920. The third kappa shape index (κ3) is 6.48. The normalized spacial score (nSPS) is 19.6. The van der Waals surface area contributed by atoms with Crippen LogP contribution in [0.3, 0.4) is 0 Å². The van der Waals surface area contributed by atoms with Crippen molar-refractivity contribution in [2.24, 2.45) is 0 Å². The van der Waals surface area contributed by atoms with Crippen molar-refractivity contribution in [2.75, 3.05) is 27.2 Å². The van der Waals surface area contributed by atoms with Crippen molar-refractivity contribution in [3.8, 4) is 5.75 Å². The monoisotopic (exact) mass is 681 g/mol. The fourth-order valence-electron chi connectivity index (χ4n) is 2.80.